The molecule has 1 heteroatoms. The Balaban J connectivity index is 2.68. The molecule has 0 heterocycles. The molecule has 0 bridgehead atoms. The van der Waals surface area contributed by atoms with E-state index in [9.17, 15) is 0 Å². The molecule has 0 amide bonds. The van der Waals surface area contributed by atoms with Crippen LogP contribution in [0.1, 0.15) is 0 Å². The first-order valence-corrected chi connectivity index (χ1v) is 4.01. The summed E-state index contributed by atoms with van der Waals surface area (Å²) >= 11 is 0.740. The van der Waals surface area contributed by atoms with Crippen molar-refractivity contribution >= 4 is 0 Å². The van der Waals surface area contributed by atoms with Crippen LogP contribution in [0.4, 0.5) is 0 Å². The summed E-state index contributed by atoms with van der Waals surface area (Å²) in [6, 6.07) is 0. The van der Waals surface area contributed by atoms with E-state index in [0.29, 0.717) is 0 Å². The molecule has 0 aliphatic rings. The van der Waals surface area contributed by atoms with Gasteiger partial charge >= 0.3 is 51.1 Å². The fraction of sp³-hybridized carbons (Fsp3) is 0.333. The van der Waals surface area contributed by atoms with E-state index in [-0.39, 0.29) is 0 Å². The predicted octanol–water partition coefficient (Wildman–Crippen LogP) is 2.28. The third-order valence-corrected chi connectivity index (χ3v) is 1.94. The van der Waals surface area contributed by atoms with Crippen LogP contribution >= 0.6 is 0 Å². The van der Waals surface area contributed by atoms with Crippen molar-refractivity contribution in [3.8, 4) is 0 Å². The Labute approximate surface area is 51.6 Å². The van der Waals surface area contributed by atoms with Crippen LogP contribution < -0.4 is 0 Å². The molecular formula is C6H10Cr. The van der Waals surface area contributed by atoms with Crippen molar-refractivity contribution in [2.45, 2.75) is 10.6 Å². The summed E-state index contributed by atoms with van der Waals surface area (Å²) in [6.45, 7) is 7.23. The summed E-state index contributed by atoms with van der Waals surface area (Å²) < 4.78 is 0. The van der Waals surface area contributed by atoms with Crippen LogP contribution in [0.15, 0.2) is 25.3 Å². The molecule has 0 radical (unpaired) electrons. The van der Waals surface area contributed by atoms with Gasteiger partial charge in [-0.05, 0) is 0 Å². The summed E-state index contributed by atoms with van der Waals surface area (Å²) in [5.74, 6) is 0. The fourth-order valence-electron chi connectivity index (χ4n) is 0.235. The summed E-state index contributed by atoms with van der Waals surface area (Å²) in [4.78, 5) is 0. The predicted molar refractivity (Wildman–Crippen MR) is 30.0 cm³/mol. The molecule has 0 N–H and O–H groups in total. The van der Waals surface area contributed by atoms with Crippen LogP contribution in [-0.4, -0.2) is 0 Å². The van der Waals surface area contributed by atoms with Crippen molar-refractivity contribution in [3.63, 3.8) is 0 Å². The van der Waals surface area contributed by atoms with Gasteiger partial charge < -0.3 is 0 Å². The first kappa shape index (κ1) is 7.01. The van der Waals surface area contributed by atoms with E-state index in [2.05, 4.69) is 13.2 Å². The van der Waals surface area contributed by atoms with Crippen molar-refractivity contribution in [3.05, 3.63) is 25.3 Å². The molecule has 0 unspecified atom stereocenters. The minimum atomic E-state index is 0.740. The van der Waals surface area contributed by atoms with Crippen molar-refractivity contribution in [1.29, 1.82) is 0 Å². The summed E-state index contributed by atoms with van der Waals surface area (Å²) in [7, 11) is 0. The molecule has 0 spiro atoms. The number of hydrogen-bond acceptors (Lipinski definition) is 0. The van der Waals surface area contributed by atoms with Gasteiger partial charge in [-0.1, -0.05) is 0 Å². The van der Waals surface area contributed by atoms with E-state index >= 15 is 0 Å². The van der Waals surface area contributed by atoms with Crippen LogP contribution in [0.25, 0.3) is 0 Å². The molecule has 0 rings (SSSR count). The number of hydrogen-bond donors (Lipinski definition) is 0. The molecule has 0 aromatic heterocycles. The topological polar surface area (TPSA) is 0 Å². The van der Waals surface area contributed by atoms with Gasteiger partial charge in [-0.3, -0.25) is 0 Å². The second kappa shape index (κ2) is 6.01. The summed E-state index contributed by atoms with van der Waals surface area (Å²) in [6.07, 6.45) is 3.92. The molecule has 7 heavy (non-hydrogen) atoms. The molecule has 0 nitrogen and oxygen atoms in total. The van der Waals surface area contributed by atoms with Gasteiger partial charge in [0.25, 0.3) is 0 Å². The van der Waals surface area contributed by atoms with Crippen LogP contribution in [-0.2, 0) is 15.2 Å². The second-order valence-corrected chi connectivity index (χ2v) is 2.79. The van der Waals surface area contributed by atoms with Gasteiger partial charge in [0.05, 0.1) is 0 Å². The third kappa shape index (κ3) is 6.01. The Kier molecular flexibility index (Phi) is 6.02. The van der Waals surface area contributed by atoms with Crippen molar-refractivity contribution in [2.24, 2.45) is 0 Å². The second-order valence-electron chi connectivity index (χ2n) is 1.11. The van der Waals surface area contributed by atoms with Gasteiger partial charge in [0.2, 0.25) is 0 Å². The Bertz CT molecular complexity index is 49.2. The molecule has 0 fully saturated rings. The monoisotopic (exact) mass is 134 g/mol. The van der Waals surface area contributed by atoms with Gasteiger partial charge in [0.1, 0.15) is 0 Å². The molecule has 0 atom stereocenters. The van der Waals surface area contributed by atoms with Crippen LogP contribution in [0, 0.1) is 0 Å². The zero-order chi connectivity index (χ0) is 5.54. The Morgan fingerprint density at radius 3 is 1.86 bits per heavy atom. The van der Waals surface area contributed by atoms with Gasteiger partial charge in [-0.2, -0.15) is 0 Å². The van der Waals surface area contributed by atoms with E-state index in [1.165, 1.54) is 10.6 Å². The van der Waals surface area contributed by atoms with E-state index in [4.69, 9.17) is 0 Å². The van der Waals surface area contributed by atoms with Crippen molar-refractivity contribution < 1.29 is 15.2 Å². The number of allylic oxidation sites excluding steroid dienone is 2. The third-order valence-electron chi connectivity index (χ3n) is 0.471. The molecule has 0 saturated heterocycles. The zero-order valence-electron chi connectivity index (χ0n) is 4.39. The van der Waals surface area contributed by atoms with E-state index < -0.39 is 0 Å². The maximum atomic E-state index is 3.61. The molecular weight excluding hydrogens is 124 g/mol. The standard InChI is InChI=1S/2C3H5.Cr/c2*1-3-2;/h2*3H,1-2H2;. The Hall–Kier alpha value is 0.0125. The fourth-order valence-corrected chi connectivity index (χ4v) is 0.968. The van der Waals surface area contributed by atoms with Crippen LogP contribution in [0.3, 0.4) is 0 Å². The average molecular weight is 134 g/mol. The minimum absolute atomic E-state index is 0.740. The van der Waals surface area contributed by atoms with Gasteiger partial charge in [-0.25, -0.2) is 0 Å². The molecule has 0 aromatic rings. The van der Waals surface area contributed by atoms with Crippen molar-refractivity contribution in [2.75, 3.05) is 0 Å². The van der Waals surface area contributed by atoms with Crippen LogP contribution in [0.5, 0.6) is 0 Å². The van der Waals surface area contributed by atoms with E-state index in [1.807, 2.05) is 12.2 Å². The van der Waals surface area contributed by atoms with E-state index in [0.717, 1.165) is 15.2 Å². The van der Waals surface area contributed by atoms with Gasteiger partial charge in [0.15, 0.2) is 0 Å². The molecule has 0 aromatic carbocycles. The van der Waals surface area contributed by atoms with Gasteiger partial charge in [0, 0.05) is 0 Å². The molecule has 0 aliphatic heterocycles. The average Bonchev–Trinajstić information content (AvgIpc) is 1.69. The van der Waals surface area contributed by atoms with Crippen molar-refractivity contribution in [1.82, 2.24) is 0 Å². The molecule has 40 valence electrons. The maximum absolute atomic E-state index is 3.61. The number of rotatable bonds is 4. The molecule has 0 saturated carbocycles. The normalized spacial score (nSPS) is 8.00. The first-order chi connectivity index (χ1) is 3.41. The Morgan fingerprint density at radius 1 is 1.14 bits per heavy atom. The quantitative estimate of drug-likeness (QED) is 0.408. The van der Waals surface area contributed by atoms with E-state index in [1.54, 1.807) is 0 Å². The SMILES string of the molecule is C=C[CH2][Cr][CH2]C=C. The van der Waals surface area contributed by atoms with Crippen LogP contribution in [0.2, 0.25) is 10.6 Å². The van der Waals surface area contributed by atoms with Gasteiger partial charge in [-0.15, -0.1) is 0 Å². The molecule has 0 aliphatic carbocycles. The summed E-state index contributed by atoms with van der Waals surface area (Å²) in [5, 5.41) is 2.36. The first-order valence-electron chi connectivity index (χ1n) is 2.21. The Morgan fingerprint density at radius 2 is 1.57 bits per heavy atom. The summed E-state index contributed by atoms with van der Waals surface area (Å²) in [5.41, 5.74) is 0. The zero-order valence-corrected chi connectivity index (χ0v) is 5.67.